The van der Waals surface area contributed by atoms with Gasteiger partial charge in [0.05, 0.1) is 11.4 Å². The average molecular weight is 371 g/mol. The summed E-state index contributed by atoms with van der Waals surface area (Å²) < 4.78 is 7.67. The number of aromatic nitrogens is 2. The number of nitrogens with zero attached hydrogens (tertiary/aromatic N) is 2. The van der Waals surface area contributed by atoms with E-state index in [0.29, 0.717) is 5.69 Å². The molecule has 0 unspecified atom stereocenters. The first-order chi connectivity index (χ1) is 13.6. The highest BCUT2D eigenvalue weighted by molar-refractivity contribution is 5.96. The van der Waals surface area contributed by atoms with Crippen LogP contribution in [0.15, 0.2) is 73.1 Å². The van der Waals surface area contributed by atoms with Crippen molar-refractivity contribution in [3.8, 4) is 17.0 Å². The molecule has 0 aliphatic rings. The quantitative estimate of drug-likeness (QED) is 0.556. The van der Waals surface area contributed by atoms with Crippen LogP contribution in [-0.2, 0) is 4.79 Å². The van der Waals surface area contributed by atoms with Crippen LogP contribution in [0.4, 0.5) is 5.69 Å². The summed E-state index contributed by atoms with van der Waals surface area (Å²) in [5.41, 5.74) is 5.41. The van der Waals surface area contributed by atoms with Gasteiger partial charge >= 0.3 is 0 Å². The summed E-state index contributed by atoms with van der Waals surface area (Å²) in [6.45, 7) is 3.96. The number of anilines is 1. The number of fused-ring (bicyclic) bond motifs is 1. The van der Waals surface area contributed by atoms with E-state index in [-0.39, 0.29) is 12.5 Å². The first kappa shape index (κ1) is 17.8. The zero-order valence-electron chi connectivity index (χ0n) is 15.8. The van der Waals surface area contributed by atoms with Crippen molar-refractivity contribution >= 4 is 17.2 Å². The number of hydrogen-bond acceptors (Lipinski definition) is 3. The van der Waals surface area contributed by atoms with Gasteiger partial charge in [-0.2, -0.15) is 0 Å². The van der Waals surface area contributed by atoms with Crippen molar-refractivity contribution in [3.63, 3.8) is 0 Å². The Labute approximate surface area is 163 Å². The van der Waals surface area contributed by atoms with Crippen molar-refractivity contribution in [2.24, 2.45) is 0 Å². The molecule has 0 radical (unpaired) electrons. The van der Waals surface area contributed by atoms with E-state index < -0.39 is 0 Å². The number of imidazole rings is 1. The Morgan fingerprint density at radius 1 is 1.04 bits per heavy atom. The minimum absolute atomic E-state index is 0.0518. The number of amides is 1. The maximum Gasteiger partial charge on any atom is 0.262 e. The second-order valence-corrected chi connectivity index (χ2v) is 6.67. The normalized spacial score (nSPS) is 10.8. The van der Waals surface area contributed by atoms with Crippen LogP contribution in [0.25, 0.3) is 16.9 Å². The van der Waals surface area contributed by atoms with Gasteiger partial charge in [0, 0.05) is 18.0 Å². The fourth-order valence-electron chi connectivity index (χ4n) is 3.09. The van der Waals surface area contributed by atoms with E-state index in [4.69, 9.17) is 4.74 Å². The highest BCUT2D eigenvalue weighted by Crippen LogP contribution is 2.27. The fraction of sp³-hybridized carbons (Fsp3) is 0.130. The highest BCUT2D eigenvalue weighted by Gasteiger charge is 2.12. The standard InChI is InChI=1S/C23H21N3O2/c1-16-8-7-11-21(17(16)2)28-15-23(27)25-19-10-4-3-9-18(19)20-14-26-13-6-5-12-22(26)24-20/h3-14H,15H2,1-2H3,(H,25,27). The molecule has 28 heavy (non-hydrogen) atoms. The van der Waals surface area contributed by atoms with Gasteiger partial charge in [-0.15, -0.1) is 0 Å². The van der Waals surface area contributed by atoms with Gasteiger partial charge in [0.2, 0.25) is 0 Å². The Bertz CT molecular complexity index is 1110. The van der Waals surface area contributed by atoms with Gasteiger partial charge in [0.1, 0.15) is 11.4 Å². The molecule has 4 aromatic rings. The van der Waals surface area contributed by atoms with Gasteiger partial charge in [0.15, 0.2) is 6.61 Å². The largest absolute Gasteiger partial charge is 0.483 e. The van der Waals surface area contributed by atoms with Gasteiger partial charge in [0.25, 0.3) is 5.91 Å². The Balaban J connectivity index is 1.52. The van der Waals surface area contributed by atoms with Gasteiger partial charge in [-0.05, 0) is 49.2 Å². The lowest BCUT2D eigenvalue weighted by Crippen LogP contribution is -2.20. The summed E-state index contributed by atoms with van der Waals surface area (Å²) in [4.78, 5) is 17.1. The molecule has 0 aliphatic carbocycles. The van der Waals surface area contributed by atoms with Gasteiger partial charge in [-0.25, -0.2) is 4.98 Å². The number of nitrogens with one attached hydrogen (secondary N) is 1. The van der Waals surface area contributed by atoms with Crippen LogP contribution >= 0.6 is 0 Å². The molecule has 0 spiro atoms. The molecule has 0 fully saturated rings. The SMILES string of the molecule is Cc1cccc(OCC(=O)Nc2ccccc2-c2cn3ccccc3n2)c1C. The Morgan fingerprint density at radius 2 is 1.86 bits per heavy atom. The second kappa shape index (κ2) is 7.56. The van der Waals surface area contributed by atoms with Crippen molar-refractivity contribution in [3.05, 3.63) is 84.2 Å². The Kier molecular flexibility index (Phi) is 4.81. The summed E-state index contributed by atoms with van der Waals surface area (Å²) >= 11 is 0. The molecule has 2 heterocycles. The van der Waals surface area contributed by atoms with Crippen LogP contribution < -0.4 is 10.1 Å². The zero-order valence-corrected chi connectivity index (χ0v) is 15.8. The number of rotatable bonds is 5. The summed E-state index contributed by atoms with van der Waals surface area (Å²) in [5.74, 6) is 0.515. The van der Waals surface area contributed by atoms with Crippen molar-refractivity contribution in [2.75, 3.05) is 11.9 Å². The van der Waals surface area contributed by atoms with Crippen LogP contribution in [0.1, 0.15) is 11.1 Å². The average Bonchev–Trinajstić information content (AvgIpc) is 3.13. The van der Waals surface area contributed by atoms with Crippen molar-refractivity contribution in [1.82, 2.24) is 9.38 Å². The minimum Gasteiger partial charge on any atom is -0.483 e. The van der Waals surface area contributed by atoms with E-state index in [0.717, 1.165) is 33.8 Å². The second-order valence-electron chi connectivity index (χ2n) is 6.67. The molecule has 0 atom stereocenters. The number of ether oxygens (including phenoxy) is 1. The van der Waals surface area contributed by atoms with Crippen LogP contribution in [0.5, 0.6) is 5.75 Å². The third-order valence-corrected chi connectivity index (χ3v) is 4.75. The molecule has 140 valence electrons. The molecule has 1 amide bonds. The van der Waals surface area contributed by atoms with E-state index in [9.17, 15) is 4.79 Å². The van der Waals surface area contributed by atoms with Gasteiger partial charge in [-0.1, -0.05) is 36.4 Å². The summed E-state index contributed by atoms with van der Waals surface area (Å²) in [6.07, 6.45) is 3.90. The molecule has 2 aromatic carbocycles. The third-order valence-electron chi connectivity index (χ3n) is 4.75. The topological polar surface area (TPSA) is 55.6 Å². The molecule has 5 heteroatoms. The lowest BCUT2D eigenvalue weighted by molar-refractivity contribution is -0.118. The third kappa shape index (κ3) is 3.60. The molecular weight excluding hydrogens is 350 g/mol. The minimum atomic E-state index is -0.211. The number of pyridine rings is 1. The summed E-state index contributed by atoms with van der Waals surface area (Å²) in [6, 6.07) is 19.3. The number of benzene rings is 2. The maximum absolute atomic E-state index is 12.5. The fourth-order valence-corrected chi connectivity index (χ4v) is 3.09. The van der Waals surface area contributed by atoms with Crippen LogP contribution in [0.2, 0.25) is 0 Å². The molecule has 0 aliphatic heterocycles. The molecule has 0 saturated carbocycles. The smallest absolute Gasteiger partial charge is 0.262 e. The number of para-hydroxylation sites is 1. The summed E-state index contributed by atoms with van der Waals surface area (Å²) in [5, 5.41) is 2.94. The van der Waals surface area contributed by atoms with Crippen LogP contribution in [0.3, 0.4) is 0 Å². The molecule has 5 nitrogen and oxygen atoms in total. The van der Waals surface area contributed by atoms with E-state index in [1.165, 1.54) is 0 Å². The predicted molar refractivity (Wildman–Crippen MR) is 111 cm³/mol. The van der Waals surface area contributed by atoms with E-state index in [2.05, 4.69) is 10.3 Å². The first-order valence-corrected chi connectivity index (χ1v) is 9.14. The van der Waals surface area contributed by atoms with E-state index in [1.807, 2.05) is 91.3 Å². The molecule has 2 aromatic heterocycles. The van der Waals surface area contributed by atoms with Gasteiger partial charge in [-0.3, -0.25) is 4.79 Å². The number of carbonyl (C=O) groups excluding carboxylic acids is 1. The zero-order chi connectivity index (χ0) is 19.5. The van der Waals surface area contributed by atoms with Crippen LogP contribution in [0, 0.1) is 13.8 Å². The van der Waals surface area contributed by atoms with Gasteiger partial charge < -0.3 is 14.5 Å². The number of hydrogen-bond donors (Lipinski definition) is 1. The van der Waals surface area contributed by atoms with E-state index >= 15 is 0 Å². The van der Waals surface area contributed by atoms with Crippen LogP contribution in [-0.4, -0.2) is 21.9 Å². The molecule has 0 bridgehead atoms. The first-order valence-electron chi connectivity index (χ1n) is 9.14. The highest BCUT2D eigenvalue weighted by atomic mass is 16.5. The number of carbonyl (C=O) groups is 1. The lowest BCUT2D eigenvalue weighted by Gasteiger charge is -2.12. The predicted octanol–water partition coefficient (Wildman–Crippen LogP) is 4.64. The number of aryl methyl sites for hydroxylation is 1. The van der Waals surface area contributed by atoms with Crippen molar-refractivity contribution in [1.29, 1.82) is 0 Å². The molecular formula is C23H21N3O2. The summed E-state index contributed by atoms with van der Waals surface area (Å²) in [7, 11) is 0. The monoisotopic (exact) mass is 371 g/mol. The Hall–Kier alpha value is -3.60. The van der Waals surface area contributed by atoms with Crippen molar-refractivity contribution in [2.45, 2.75) is 13.8 Å². The molecule has 4 rings (SSSR count). The molecule has 1 N–H and O–H groups in total. The van der Waals surface area contributed by atoms with Crippen molar-refractivity contribution < 1.29 is 9.53 Å². The van der Waals surface area contributed by atoms with E-state index in [1.54, 1.807) is 0 Å². The maximum atomic E-state index is 12.5. The Morgan fingerprint density at radius 3 is 2.71 bits per heavy atom. The lowest BCUT2D eigenvalue weighted by atomic mass is 10.1. The molecule has 0 saturated heterocycles.